The van der Waals surface area contributed by atoms with Gasteiger partial charge < -0.3 is 5.11 Å². The number of rotatable bonds is 3. The van der Waals surface area contributed by atoms with Crippen LogP contribution >= 0.6 is 15.9 Å². The number of phenolic OH excluding ortho intramolecular Hbond substituents is 1. The van der Waals surface area contributed by atoms with Crippen LogP contribution in [0.3, 0.4) is 0 Å². The third-order valence-corrected chi connectivity index (χ3v) is 4.86. The van der Waals surface area contributed by atoms with E-state index in [9.17, 15) is 13.5 Å². The van der Waals surface area contributed by atoms with Gasteiger partial charge in [0.1, 0.15) is 10.6 Å². The Bertz CT molecular complexity index is 714. The molecule has 6 heteroatoms. The van der Waals surface area contributed by atoms with Crippen LogP contribution in [-0.2, 0) is 10.0 Å². The van der Waals surface area contributed by atoms with E-state index in [-0.39, 0.29) is 10.6 Å². The van der Waals surface area contributed by atoms with Gasteiger partial charge in [-0.15, -0.1) is 0 Å². The minimum Gasteiger partial charge on any atom is -0.507 e. The third-order valence-electron chi connectivity index (χ3n) is 2.58. The molecular formula is C13H12BrNO3S. The first-order valence-electron chi connectivity index (χ1n) is 5.47. The van der Waals surface area contributed by atoms with Crippen LogP contribution in [0.25, 0.3) is 0 Å². The molecule has 0 aliphatic heterocycles. The molecule has 0 fully saturated rings. The molecule has 100 valence electrons. The number of anilines is 1. The molecule has 0 unspecified atom stereocenters. The van der Waals surface area contributed by atoms with E-state index >= 15 is 0 Å². The Morgan fingerprint density at radius 1 is 1.16 bits per heavy atom. The predicted octanol–water partition coefficient (Wildman–Crippen LogP) is 3.26. The van der Waals surface area contributed by atoms with Gasteiger partial charge in [-0.2, -0.15) is 0 Å². The molecule has 2 rings (SSSR count). The van der Waals surface area contributed by atoms with E-state index in [1.807, 2.05) is 6.92 Å². The first-order valence-corrected chi connectivity index (χ1v) is 7.75. The molecule has 0 atom stereocenters. The van der Waals surface area contributed by atoms with Crippen molar-refractivity contribution in [3.8, 4) is 5.75 Å². The second-order valence-corrected chi connectivity index (χ2v) is 6.54. The SMILES string of the molecule is Cc1ccc(NS(=O)(=O)c2ccccc2O)cc1Br. The fourth-order valence-corrected chi connectivity index (χ4v) is 3.08. The first kappa shape index (κ1) is 13.9. The van der Waals surface area contributed by atoms with Crippen molar-refractivity contribution in [2.75, 3.05) is 4.72 Å². The zero-order valence-electron chi connectivity index (χ0n) is 10.1. The average molecular weight is 342 g/mol. The zero-order chi connectivity index (χ0) is 14.0. The van der Waals surface area contributed by atoms with Gasteiger partial charge in [-0.25, -0.2) is 8.42 Å². The molecule has 0 aliphatic carbocycles. The van der Waals surface area contributed by atoms with E-state index in [0.717, 1.165) is 10.0 Å². The molecular weight excluding hydrogens is 330 g/mol. The van der Waals surface area contributed by atoms with Gasteiger partial charge in [-0.3, -0.25) is 4.72 Å². The predicted molar refractivity (Wildman–Crippen MR) is 77.8 cm³/mol. The molecule has 0 saturated carbocycles. The Kier molecular flexibility index (Phi) is 3.82. The van der Waals surface area contributed by atoms with Crippen molar-refractivity contribution in [2.24, 2.45) is 0 Å². The second kappa shape index (κ2) is 5.22. The highest BCUT2D eigenvalue weighted by Crippen LogP contribution is 2.26. The van der Waals surface area contributed by atoms with Crippen LogP contribution in [0.5, 0.6) is 5.75 Å². The summed E-state index contributed by atoms with van der Waals surface area (Å²) in [7, 11) is -3.79. The van der Waals surface area contributed by atoms with Gasteiger partial charge in [-0.05, 0) is 36.8 Å². The van der Waals surface area contributed by atoms with Gasteiger partial charge >= 0.3 is 0 Å². The van der Waals surface area contributed by atoms with Crippen molar-refractivity contribution in [2.45, 2.75) is 11.8 Å². The number of phenols is 1. The van der Waals surface area contributed by atoms with Crippen LogP contribution in [0.2, 0.25) is 0 Å². The van der Waals surface area contributed by atoms with Crippen LogP contribution in [0.1, 0.15) is 5.56 Å². The van der Waals surface area contributed by atoms with Crippen molar-refractivity contribution in [3.05, 3.63) is 52.5 Å². The quantitative estimate of drug-likeness (QED) is 0.900. The lowest BCUT2D eigenvalue weighted by Crippen LogP contribution is -2.13. The standard InChI is InChI=1S/C13H12BrNO3S/c1-9-6-7-10(8-11(9)14)15-19(17,18)13-5-3-2-4-12(13)16/h2-8,15-16H,1H3. The largest absolute Gasteiger partial charge is 0.507 e. The maximum absolute atomic E-state index is 12.1. The maximum Gasteiger partial charge on any atom is 0.265 e. The van der Waals surface area contributed by atoms with E-state index in [4.69, 9.17) is 0 Å². The van der Waals surface area contributed by atoms with E-state index < -0.39 is 10.0 Å². The topological polar surface area (TPSA) is 66.4 Å². The minimum atomic E-state index is -3.79. The molecule has 2 aromatic carbocycles. The van der Waals surface area contributed by atoms with Crippen LogP contribution in [0.15, 0.2) is 51.8 Å². The molecule has 0 heterocycles. The highest BCUT2D eigenvalue weighted by molar-refractivity contribution is 9.10. The summed E-state index contributed by atoms with van der Waals surface area (Å²) in [5.74, 6) is -0.277. The summed E-state index contributed by atoms with van der Waals surface area (Å²) in [6.07, 6.45) is 0. The summed E-state index contributed by atoms with van der Waals surface area (Å²) < 4.78 is 27.5. The molecule has 0 radical (unpaired) electrons. The summed E-state index contributed by atoms with van der Waals surface area (Å²) >= 11 is 3.34. The first-order chi connectivity index (χ1) is 8.90. The van der Waals surface area contributed by atoms with Gasteiger partial charge in [0.25, 0.3) is 10.0 Å². The monoisotopic (exact) mass is 341 g/mol. The van der Waals surface area contributed by atoms with Gasteiger partial charge in [-0.1, -0.05) is 34.1 Å². The van der Waals surface area contributed by atoms with Gasteiger partial charge in [0, 0.05) is 10.2 Å². The summed E-state index contributed by atoms with van der Waals surface area (Å²) in [4.78, 5) is -0.147. The van der Waals surface area contributed by atoms with Crippen LogP contribution in [-0.4, -0.2) is 13.5 Å². The lowest BCUT2D eigenvalue weighted by atomic mass is 10.2. The Hall–Kier alpha value is -1.53. The Labute approximate surface area is 120 Å². The molecule has 19 heavy (non-hydrogen) atoms. The summed E-state index contributed by atoms with van der Waals surface area (Å²) in [6, 6.07) is 10.9. The van der Waals surface area contributed by atoms with E-state index in [1.165, 1.54) is 12.1 Å². The van der Waals surface area contributed by atoms with E-state index in [1.54, 1.807) is 30.3 Å². The average Bonchev–Trinajstić information content (AvgIpc) is 2.34. The molecule has 0 aliphatic rings. The highest BCUT2D eigenvalue weighted by Gasteiger charge is 2.18. The normalized spacial score (nSPS) is 11.3. The number of halogens is 1. The summed E-state index contributed by atoms with van der Waals surface area (Å²) in [5.41, 5.74) is 1.44. The fourth-order valence-electron chi connectivity index (χ4n) is 1.55. The molecule has 0 spiro atoms. The van der Waals surface area contributed by atoms with E-state index in [2.05, 4.69) is 20.7 Å². The minimum absolute atomic E-state index is 0.147. The molecule has 0 bridgehead atoms. The third kappa shape index (κ3) is 3.08. The molecule has 0 saturated heterocycles. The fraction of sp³-hybridized carbons (Fsp3) is 0.0769. The van der Waals surface area contributed by atoms with Gasteiger partial charge in [0.2, 0.25) is 0 Å². The molecule has 0 amide bonds. The van der Waals surface area contributed by atoms with Gasteiger partial charge in [0.05, 0.1) is 0 Å². The van der Waals surface area contributed by atoms with Crippen molar-refractivity contribution < 1.29 is 13.5 Å². The smallest absolute Gasteiger partial charge is 0.265 e. The highest BCUT2D eigenvalue weighted by atomic mass is 79.9. The Morgan fingerprint density at radius 3 is 2.47 bits per heavy atom. The molecule has 0 aromatic heterocycles. The lowest BCUT2D eigenvalue weighted by Gasteiger charge is -2.10. The number of nitrogens with one attached hydrogen (secondary N) is 1. The van der Waals surface area contributed by atoms with E-state index in [0.29, 0.717) is 5.69 Å². The van der Waals surface area contributed by atoms with Crippen molar-refractivity contribution in [1.29, 1.82) is 0 Å². The number of hydrogen-bond donors (Lipinski definition) is 2. The number of benzene rings is 2. The molecule has 2 aromatic rings. The van der Waals surface area contributed by atoms with Crippen molar-refractivity contribution in [3.63, 3.8) is 0 Å². The number of aromatic hydroxyl groups is 1. The number of aryl methyl sites for hydroxylation is 1. The van der Waals surface area contributed by atoms with Crippen molar-refractivity contribution in [1.82, 2.24) is 0 Å². The Morgan fingerprint density at radius 2 is 1.84 bits per heavy atom. The van der Waals surface area contributed by atoms with Crippen LogP contribution in [0.4, 0.5) is 5.69 Å². The lowest BCUT2D eigenvalue weighted by molar-refractivity contribution is 0.459. The summed E-state index contributed by atoms with van der Waals surface area (Å²) in [6.45, 7) is 1.91. The zero-order valence-corrected chi connectivity index (χ0v) is 12.5. The molecule has 2 N–H and O–H groups in total. The number of sulfonamides is 1. The van der Waals surface area contributed by atoms with Crippen LogP contribution < -0.4 is 4.72 Å². The summed E-state index contributed by atoms with van der Waals surface area (Å²) in [5, 5.41) is 9.59. The molecule has 4 nitrogen and oxygen atoms in total. The second-order valence-electron chi connectivity index (χ2n) is 4.04. The van der Waals surface area contributed by atoms with Crippen LogP contribution in [0, 0.1) is 6.92 Å². The van der Waals surface area contributed by atoms with Crippen molar-refractivity contribution >= 4 is 31.6 Å². The Balaban J connectivity index is 2.37. The maximum atomic E-state index is 12.1. The number of para-hydroxylation sites is 1. The number of hydrogen-bond acceptors (Lipinski definition) is 3. The van der Waals surface area contributed by atoms with Gasteiger partial charge in [0.15, 0.2) is 0 Å².